The molecule has 318 valence electrons. The first-order valence-corrected chi connectivity index (χ1v) is 20.0. The number of alkyl carbamates (subject to hydrolysis) is 1. The number of aliphatic hydroxyl groups is 1. The minimum Gasteiger partial charge on any atom is -0.458 e. The molecule has 16 heteroatoms. The molecule has 2 N–H and O–H groups in total. The van der Waals surface area contributed by atoms with Gasteiger partial charge in [0, 0.05) is 36.2 Å². The summed E-state index contributed by atoms with van der Waals surface area (Å²) in [5.41, 5.74) is -1.05. The molecule has 0 saturated carbocycles. The fraction of sp³-hybridized carbons (Fsp3) is 0.643. The molecule has 3 fully saturated rings. The van der Waals surface area contributed by atoms with E-state index in [1.54, 1.807) is 52.2 Å². The highest BCUT2D eigenvalue weighted by Crippen LogP contribution is 2.40. The number of aromatic nitrogens is 2. The second-order valence-electron chi connectivity index (χ2n) is 16.5. The number of hydrogen-bond acceptors (Lipinski definition) is 15. The number of amides is 1. The van der Waals surface area contributed by atoms with Crippen LogP contribution in [0.5, 0.6) is 0 Å². The van der Waals surface area contributed by atoms with Crippen molar-refractivity contribution in [2.24, 2.45) is 23.7 Å². The molecule has 13 atom stereocenters. The molecule has 3 aliphatic rings. The number of esters is 1. The molecule has 58 heavy (non-hydrogen) atoms. The van der Waals surface area contributed by atoms with Crippen LogP contribution in [-0.2, 0) is 42.8 Å². The number of fused-ring (bicyclic) bond motifs is 2. The fourth-order valence-electron chi connectivity index (χ4n) is 8.69. The second-order valence-corrected chi connectivity index (χ2v) is 16.5. The fourth-order valence-corrected chi connectivity index (χ4v) is 8.69. The lowest BCUT2D eigenvalue weighted by molar-refractivity contribution is -0.293. The summed E-state index contributed by atoms with van der Waals surface area (Å²) in [6.45, 7) is 12.7. The van der Waals surface area contributed by atoms with E-state index >= 15 is 0 Å². The molecule has 4 heterocycles. The Labute approximate surface area is 339 Å². The molecule has 0 bridgehead atoms. The third-order valence-electron chi connectivity index (χ3n) is 11.9. The molecule has 3 saturated heterocycles. The van der Waals surface area contributed by atoms with Gasteiger partial charge in [0.15, 0.2) is 17.7 Å². The number of benzene rings is 1. The summed E-state index contributed by atoms with van der Waals surface area (Å²) in [5.74, 6) is -6.11. The highest BCUT2D eigenvalue weighted by atomic mass is 16.8. The predicted molar refractivity (Wildman–Crippen MR) is 210 cm³/mol. The number of ketones is 2. The SMILES string of the molecule is CC[C@H]1OC(=O)[C@H](C)C(=O)[C@H](C)[C@@H](O[C@@H]2O[C@H](C)C[C@H](N(C)C)[C@H]2O)[C@](C)(OC(=O)OCC=Cc2ccc3nccnc3c2)C[C@@H](C)C(=O)[C@H](C)[C@H]2NC(=O)O[C@@]21C. The van der Waals surface area contributed by atoms with Gasteiger partial charge in [-0.25, -0.2) is 9.59 Å². The number of likely N-dealkylation sites (N-methyl/N-ethyl adjacent to an activating group) is 1. The van der Waals surface area contributed by atoms with Crippen molar-refractivity contribution >= 4 is 46.9 Å². The zero-order valence-corrected chi connectivity index (χ0v) is 35.0. The van der Waals surface area contributed by atoms with E-state index in [2.05, 4.69) is 15.3 Å². The van der Waals surface area contributed by atoms with E-state index in [-0.39, 0.29) is 31.3 Å². The predicted octanol–water partition coefficient (Wildman–Crippen LogP) is 4.64. The quantitative estimate of drug-likeness (QED) is 0.212. The number of aliphatic hydroxyl groups excluding tert-OH is 1. The molecule has 16 nitrogen and oxygen atoms in total. The van der Waals surface area contributed by atoms with Gasteiger partial charge in [-0.1, -0.05) is 39.8 Å². The average molecular weight is 811 g/mol. The highest BCUT2D eigenvalue weighted by Gasteiger charge is 2.57. The first kappa shape index (κ1) is 44.6. The Morgan fingerprint density at radius 2 is 1.71 bits per heavy atom. The maximum absolute atomic E-state index is 14.4. The first-order valence-electron chi connectivity index (χ1n) is 20.0. The van der Waals surface area contributed by atoms with Gasteiger partial charge in [-0.3, -0.25) is 24.4 Å². The van der Waals surface area contributed by atoms with Crippen molar-refractivity contribution in [2.75, 3.05) is 20.7 Å². The summed E-state index contributed by atoms with van der Waals surface area (Å²) >= 11 is 0. The van der Waals surface area contributed by atoms with Gasteiger partial charge < -0.3 is 43.7 Å². The van der Waals surface area contributed by atoms with Gasteiger partial charge in [-0.05, 0) is 84.8 Å². The largest absolute Gasteiger partial charge is 0.509 e. The zero-order chi connectivity index (χ0) is 42.7. The number of nitrogens with one attached hydrogen (secondary N) is 1. The first-order chi connectivity index (χ1) is 27.3. The lowest BCUT2D eigenvalue weighted by atomic mass is 9.73. The number of Topliss-reactive ketones (excluding diaryl/α,β-unsaturated/α-hetero) is 2. The second kappa shape index (κ2) is 18.2. The number of rotatable bonds is 8. The van der Waals surface area contributed by atoms with Crippen LogP contribution in [0.4, 0.5) is 9.59 Å². The van der Waals surface area contributed by atoms with Gasteiger partial charge in [0.2, 0.25) is 0 Å². The normalized spacial score (nSPS) is 36.5. The van der Waals surface area contributed by atoms with Crippen LogP contribution in [0.3, 0.4) is 0 Å². The van der Waals surface area contributed by atoms with Crippen molar-refractivity contribution < 1.29 is 57.5 Å². The highest BCUT2D eigenvalue weighted by molar-refractivity contribution is 6.00. The average Bonchev–Trinajstić information content (AvgIpc) is 3.50. The minimum atomic E-state index is -1.81. The van der Waals surface area contributed by atoms with E-state index in [4.69, 9.17) is 28.4 Å². The van der Waals surface area contributed by atoms with Crippen molar-refractivity contribution in [2.45, 2.75) is 129 Å². The van der Waals surface area contributed by atoms with Crippen LogP contribution in [0, 0.1) is 23.7 Å². The number of ether oxygens (including phenoxy) is 6. The van der Waals surface area contributed by atoms with Gasteiger partial charge in [0.1, 0.15) is 42.2 Å². The topological polar surface area (TPSA) is 202 Å². The Morgan fingerprint density at radius 3 is 2.38 bits per heavy atom. The van der Waals surface area contributed by atoms with E-state index in [0.717, 1.165) is 11.1 Å². The molecule has 2 aromatic rings. The van der Waals surface area contributed by atoms with Crippen molar-refractivity contribution in [3.63, 3.8) is 0 Å². The van der Waals surface area contributed by atoms with Crippen molar-refractivity contribution in [1.82, 2.24) is 20.2 Å². The van der Waals surface area contributed by atoms with E-state index < -0.39 is 95.6 Å². The van der Waals surface area contributed by atoms with Crippen LogP contribution < -0.4 is 5.32 Å². The summed E-state index contributed by atoms with van der Waals surface area (Å²) in [4.78, 5) is 79.4. The third-order valence-corrected chi connectivity index (χ3v) is 11.9. The van der Waals surface area contributed by atoms with E-state index in [9.17, 15) is 29.1 Å². The van der Waals surface area contributed by atoms with E-state index in [0.29, 0.717) is 11.9 Å². The summed E-state index contributed by atoms with van der Waals surface area (Å²) in [5, 5.41) is 14.3. The van der Waals surface area contributed by atoms with E-state index in [1.165, 1.54) is 20.8 Å². The van der Waals surface area contributed by atoms with Gasteiger partial charge in [-0.2, -0.15) is 0 Å². The zero-order valence-electron chi connectivity index (χ0n) is 35.0. The van der Waals surface area contributed by atoms with Crippen LogP contribution in [0.15, 0.2) is 36.7 Å². The van der Waals surface area contributed by atoms with Gasteiger partial charge in [0.05, 0.1) is 23.2 Å². The Hall–Kier alpha value is -4.51. The molecular formula is C42H58N4O12. The summed E-state index contributed by atoms with van der Waals surface area (Å²) in [6.07, 6.45) is -0.0877. The van der Waals surface area contributed by atoms with Crippen molar-refractivity contribution in [3.05, 3.63) is 42.2 Å². The van der Waals surface area contributed by atoms with Gasteiger partial charge in [0.25, 0.3) is 0 Å². The number of hydrogen-bond donors (Lipinski definition) is 2. The van der Waals surface area contributed by atoms with Crippen LogP contribution in [-0.4, -0.2) is 124 Å². The van der Waals surface area contributed by atoms with Gasteiger partial charge in [-0.15, -0.1) is 0 Å². The molecule has 0 spiro atoms. The number of nitrogens with zero attached hydrogens (tertiary/aromatic N) is 3. The summed E-state index contributed by atoms with van der Waals surface area (Å²) in [6, 6.07) is 4.19. The molecule has 1 amide bonds. The number of carbonyl (C=O) groups is 5. The van der Waals surface area contributed by atoms with Crippen LogP contribution in [0.2, 0.25) is 0 Å². The Balaban J connectivity index is 1.51. The molecule has 0 unspecified atom stereocenters. The van der Waals surface area contributed by atoms with Crippen molar-refractivity contribution in [1.29, 1.82) is 0 Å². The van der Waals surface area contributed by atoms with Gasteiger partial charge >= 0.3 is 18.2 Å². The van der Waals surface area contributed by atoms with Crippen LogP contribution in [0.25, 0.3) is 17.1 Å². The summed E-state index contributed by atoms with van der Waals surface area (Å²) < 4.78 is 36.0. The van der Waals surface area contributed by atoms with Crippen LogP contribution in [0.1, 0.15) is 80.2 Å². The maximum atomic E-state index is 14.4. The smallest absolute Gasteiger partial charge is 0.458 e. The molecule has 1 aromatic heterocycles. The molecule has 1 aromatic carbocycles. The minimum absolute atomic E-state index is 0.189. The Kier molecular flexibility index (Phi) is 14.0. The maximum Gasteiger partial charge on any atom is 0.509 e. The standard InChI is InChI=1S/C42H58N4O12/c1-11-31-42(8)35(45-39(51)57-42)24(4)32(47)22(2)21-41(7,58-40(52)53-18-12-13-27-14-15-28-29(20-27)44-17-16-43-28)36(25(5)33(48)26(6)37(50)55-31)56-38-34(49)30(46(9)10)19-23(3)54-38/h12-17,20,22-26,30-31,34-36,38,49H,11,18-19,21H2,1-10H3,(H,45,51)/t22-,23-,24+,25+,26-,30+,31-,34-,35-,36-,38+,41-,42-/m1/s1. The van der Waals surface area contributed by atoms with E-state index in [1.807, 2.05) is 44.1 Å². The monoisotopic (exact) mass is 810 g/mol. The Bertz CT molecular complexity index is 1870. The molecule has 0 radical (unpaired) electrons. The number of carbonyl (C=O) groups excluding carboxylic acids is 5. The lowest BCUT2D eigenvalue weighted by Gasteiger charge is -2.46. The van der Waals surface area contributed by atoms with Crippen molar-refractivity contribution in [3.8, 4) is 0 Å². The third kappa shape index (κ3) is 9.51. The molecular weight excluding hydrogens is 752 g/mol. The Morgan fingerprint density at radius 1 is 1.02 bits per heavy atom. The molecule has 5 rings (SSSR count). The molecule has 3 aliphatic heterocycles. The molecule has 0 aliphatic carbocycles. The number of cyclic esters (lactones) is 1. The lowest BCUT2D eigenvalue weighted by Crippen LogP contribution is -2.60. The van der Waals surface area contributed by atoms with Crippen LogP contribution >= 0.6 is 0 Å². The summed E-state index contributed by atoms with van der Waals surface area (Å²) in [7, 11) is 3.63.